The maximum atomic E-state index is 12.4. The number of nitrogens with one attached hydrogen (secondary N) is 2. The van der Waals surface area contributed by atoms with Gasteiger partial charge < -0.3 is 9.84 Å². The number of thioether (sulfide) groups is 1. The lowest BCUT2D eigenvalue weighted by molar-refractivity contribution is -0.749. The molecule has 1 saturated carbocycles. The van der Waals surface area contributed by atoms with Crippen molar-refractivity contribution in [2.45, 2.75) is 50.2 Å². The summed E-state index contributed by atoms with van der Waals surface area (Å²) in [6.45, 7) is 2.21. The smallest absolute Gasteiger partial charge is 0.337 e. The van der Waals surface area contributed by atoms with E-state index in [0.717, 1.165) is 29.4 Å². The van der Waals surface area contributed by atoms with Crippen LogP contribution in [0.25, 0.3) is 11.4 Å². The zero-order chi connectivity index (χ0) is 24.6. The minimum atomic E-state index is -0.247. The lowest BCUT2D eigenvalue weighted by Gasteiger charge is -2.21. The van der Waals surface area contributed by atoms with Crippen molar-refractivity contribution in [2.24, 2.45) is 5.10 Å². The normalized spacial score (nSPS) is 14.3. The molecule has 1 aliphatic rings. The number of aromatic amines is 1. The Morgan fingerprint density at radius 3 is 2.80 bits per heavy atom. The number of ether oxygens (including phenoxy) is 1. The molecular weight excluding hydrogens is 486 g/mol. The van der Waals surface area contributed by atoms with Gasteiger partial charge in [0.15, 0.2) is 0 Å². The number of hydrazone groups is 1. The molecule has 2 aromatic carbocycles. The van der Waals surface area contributed by atoms with Gasteiger partial charge >= 0.3 is 5.16 Å². The van der Waals surface area contributed by atoms with Crippen LogP contribution < -0.4 is 19.8 Å². The Morgan fingerprint density at radius 1 is 1.29 bits per heavy atom. The lowest BCUT2D eigenvalue weighted by atomic mass is 9.95. The molecule has 0 saturated heterocycles. The highest BCUT2D eigenvalue weighted by atomic mass is 35.5. The van der Waals surface area contributed by atoms with E-state index in [4.69, 9.17) is 16.3 Å². The van der Waals surface area contributed by atoms with Crippen LogP contribution in [-0.2, 0) is 4.79 Å². The number of aromatic nitrogens is 3. The van der Waals surface area contributed by atoms with Crippen molar-refractivity contribution in [3.8, 4) is 22.9 Å². The highest BCUT2D eigenvalue weighted by Crippen LogP contribution is 2.29. The molecule has 0 atom stereocenters. The van der Waals surface area contributed by atoms with Gasteiger partial charge in [-0.3, -0.25) is 4.79 Å². The summed E-state index contributed by atoms with van der Waals surface area (Å²) in [5.74, 6) is 0.913. The highest BCUT2D eigenvalue weighted by molar-refractivity contribution is 7.99. The second kappa shape index (κ2) is 12.1. The van der Waals surface area contributed by atoms with Crippen molar-refractivity contribution in [1.29, 1.82) is 0 Å². The van der Waals surface area contributed by atoms with Crippen LogP contribution in [0.1, 0.15) is 50.6 Å². The van der Waals surface area contributed by atoms with Gasteiger partial charge in [0.2, 0.25) is 0 Å². The maximum Gasteiger partial charge on any atom is 0.337 e. The van der Waals surface area contributed by atoms with Gasteiger partial charge in [-0.2, -0.15) is 5.10 Å². The van der Waals surface area contributed by atoms with Gasteiger partial charge in [0.05, 0.1) is 35.3 Å². The lowest BCUT2D eigenvalue weighted by Crippen LogP contribution is -2.43. The first-order valence-corrected chi connectivity index (χ1v) is 13.1. The number of nitrogens with zero attached hydrogens (tertiary/aromatic N) is 3. The van der Waals surface area contributed by atoms with Crippen molar-refractivity contribution in [1.82, 2.24) is 15.6 Å². The van der Waals surface area contributed by atoms with Crippen molar-refractivity contribution in [3.05, 3.63) is 53.1 Å². The summed E-state index contributed by atoms with van der Waals surface area (Å²) in [6, 6.07) is 12.7. The summed E-state index contributed by atoms with van der Waals surface area (Å²) in [5.41, 5.74) is 4.21. The molecule has 0 spiro atoms. The Morgan fingerprint density at radius 2 is 2.06 bits per heavy atom. The first-order valence-electron chi connectivity index (χ1n) is 11.7. The van der Waals surface area contributed by atoms with Crippen molar-refractivity contribution in [2.75, 3.05) is 12.4 Å². The highest BCUT2D eigenvalue weighted by Gasteiger charge is 2.30. The van der Waals surface area contributed by atoms with Gasteiger partial charge in [0.1, 0.15) is 5.75 Å². The number of carbonyl (C=O) groups is 1. The van der Waals surface area contributed by atoms with Gasteiger partial charge in [0, 0.05) is 5.02 Å². The predicted molar refractivity (Wildman–Crippen MR) is 135 cm³/mol. The number of rotatable bonds is 9. The van der Waals surface area contributed by atoms with E-state index in [-0.39, 0.29) is 23.2 Å². The van der Waals surface area contributed by atoms with Gasteiger partial charge in [-0.05, 0) is 80.3 Å². The van der Waals surface area contributed by atoms with E-state index in [1.54, 1.807) is 12.1 Å². The van der Waals surface area contributed by atoms with Crippen LogP contribution in [0.15, 0.2) is 52.7 Å². The Labute approximate surface area is 213 Å². The topological polar surface area (TPSA) is 106 Å². The van der Waals surface area contributed by atoms with E-state index in [2.05, 4.69) is 25.3 Å². The zero-order valence-corrected chi connectivity index (χ0v) is 21.1. The molecule has 1 aromatic heterocycles. The molecule has 0 bridgehead atoms. The standard InChI is InChI=1S/C25H28ClN5O3S/c1-2-34-22-14-17(8-13-21(22)32)15-27-28-23(33)16-35-25-30-29-24(18-9-11-19(26)12-10-18)31(25)20-6-4-3-5-7-20/h8-15,20H,2-7,16H2,1H3,(H2,27,28,32,33). The van der Waals surface area contributed by atoms with Crippen LogP contribution in [0, 0.1) is 0 Å². The second-order valence-corrected chi connectivity index (χ2v) is 9.62. The van der Waals surface area contributed by atoms with E-state index >= 15 is 0 Å². The fraction of sp³-hybridized carbons (Fsp3) is 0.360. The third kappa shape index (κ3) is 6.55. The van der Waals surface area contributed by atoms with Crippen LogP contribution in [0.4, 0.5) is 0 Å². The van der Waals surface area contributed by atoms with E-state index in [1.165, 1.54) is 43.3 Å². The van der Waals surface area contributed by atoms with Gasteiger partial charge in [0.25, 0.3) is 11.7 Å². The SMILES string of the molecule is CCOc1cc(C=NNC(=O)CSc2n[nH]c(-c3ccc(Cl)cc3)[n+]2C2CCCCC2)ccc1[O-]. The molecule has 8 nitrogen and oxygen atoms in total. The van der Waals surface area contributed by atoms with Crippen LogP contribution in [-0.4, -0.2) is 34.7 Å². The minimum absolute atomic E-state index is 0.165. The van der Waals surface area contributed by atoms with Gasteiger partial charge in [-0.1, -0.05) is 35.9 Å². The molecule has 4 rings (SSSR count). The summed E-state index contributed by atoms with van der Waals surface area (Å²) >= 11 is 7.45. The third-order valence-corrected chi connectivity index (χ3v) is 6.97. The van der Waals surface area contributed by atoms with E-state index < -0.39 is 0 Å². The molecule has 10 heteroatoms. The monoisotopic (exact) mass is 513 g/mol. The molecule has 2 N–H and O–H groups in total. The first-order chi connectivity index (χ1) is 17.0. The van der Waals surface area contributed by atoms with Crippen molar-refractivity contribution < 1.29 is 19.2 Å². The molecule has 3 aromatic rings. The third-order valence-electron chi connectivity index (χ3n) is 5.76. The number of hydrogen-bond donors (Lipinski definition) is 2. The molecule has 1 amide bonds. The van der Waals surface area contributed by atoms with Gasteiger partial charge in [-0.15, -0.1) is 5.10 Å². The number of H-pyrrole nitrogens is 1. The Bertz CT molecular complexity index is 1180. The summed E-state index contributed by atoms with van der Waals surface area (Å²) in [7, 11) is 0. The number of carbonyl (C=O) groups excluding carboxylic acids is 1. The van der Waals surface area contributed by atoms with E-state index in [0.29, 0.717) is 23.2 Å². The Balaban J connectivity index is 1.42. The fourth-order valence-electron chi connectivity index (χ4n) is 4.11. The van der Waals surface area contributed by atoms with Gasteiger partial charge in [-0.25, -0.2) is 9.99 Å². The molecule has 35 heavy (non-hydrogen) atoms. The summed E-state index contributed by atoms with van der Waals surface area (Å²) in [6.07, 6.45) is 7.26. The van der Waals surface area contributed by atoms with Crippen molar-refractivity contribution >= 4 is 35.5 Å². The number of hydrogen-bond acceptors (Lipinski definition) is 6. The van der Waals surface area contributed by atoms with Crippen molar-refractivity contribution in [3.63, 3.8) is 0 Å². The fourth-order valence-corrected chi connectivity index (χ4v) is 5.05. The largest absolute Gasteiger partial charge is 0.870 e. The zero-order valence-electron chi connectivity index (χ0n) is 19.5. The summed E-state index contributed by atoms with van der Waals surface area (Å²) in [5, 5.41) is 24.9. The molecule has 1 fully saturated rings. The van der Waals surface area contributed by atoms with Crippen LogP contribution in [0.5, 0.6) is 11.5 Å². The Hall–Kier alpha value is -3.04. The van der Waals surface area contributed by atoms with E-state index in [1.807, 2.05) is 31.2 Å². The maximum absolute atomic E-state index is 12.4. The van der Waals surface area contributed by atoms with E-state index in [9.17, 15) is 9.90 Å². The quantitative estimate of drug-likeness (QED) is 0.193. The number of benzene rings is 2. The van der Waals surface area contributed by atoms with Crippen LogP contribution in [0.3, 0.4) is 0 Å². The molecule has 0 aliphatic heterocycles. The summed E-state index contributed by atoms with van der Waals surface area (Å²) in [4.78, 5) is 12.4. The molecule has 184 valence electrons. The average molecular weight is 514 g/mol. The first kappa shape index (κ1) is 25.1. The number of halogens is 1. The summed E-state index contributed by atoms with van der Waals surface area (Å²) < 4.78 is 7.54. The second-order valence-electron chi connectivity index (χ2n) is 8.24. The molecule has 0 unspecified atom stereocenters. The molecule has 1 aliphatic carbocycles. The minimum Gasteiger partial charge on any atom is -0.870 e. The molecular formula is C25H28ClN5O3S. The molecule has 0 radical (unpaired) electrons. The van der Waals surface area contributed by atoms with Crippen LogP contribution >= 0.6 is 23.4 Å². The molecule has 1 heterocycles. The Kier molecular flexibility index (Phi) is 8.65. The average Bonchev–Trinajstić information content (AvgIpc) is 3.30. The predicted octanol–water partition coefficient (Wildman–Crippen LogP) is 4.24. The van der Waals surface area contributed by atoms with Crippen LogP contribution in [0.2, 0.25) is 5.02 Å². The number of amides is 1.